The van der Waals surface area contributed by atoms with Crippen molar-refractivity contribution in [1.29, 1.82) is 0 Å². The van der Waals surface area contributed by atoms with Crippen LogP contribution in [-0.2, 0) is 0 Å². The number of fused-ring (bicyclic) bond motifs is 2. The summed E-state index contributed by atoms with van der Waals surface area (Å²) in [6, 6.07) is 4.72. The molecule has 182 valence electrons. The fourth-order valence-corrected chi connectivity index (χ4v) is 3.49. The number of likely N-dealkylation sites (N-methyl/N-ethyl adjacent to an activating group) is 1. The highest BCUT2D eigenvalue weighted by atomic mass is 19.1. The highest BCUT2D eigenvalue weighted by molar-refractivity contribution is 6.01. The molecule has 0 saturated carbocycles. The summed E-state index contributed by atoms with van der Waals surface area (Å²) in [4.78, 5) is 10.7. The van der Waals surface area contributed by atoms with Crippen LogP contribution < -0.4 is 10.1 Å². The Morgan fingerprint density at radius 2 is 2.18 bits per heavy atom. The molecule has 34 heavy (non-hydrogen) atoms. The first-order chi connectivity index (χ1) is 16.5. The van der Waals surface area contributed by atoms with Crippen molar-refractivity contribution in [2.24, 2.45) is 15.9 Å². The Bertz CT molecular complexity index is 946. The van der Waals surface area contributed by atoms with Crippen LogP contribution in [0.15, 0.2) is 89.2 Å². The molecule has 1 N–H and O–H groups in total. The van der Waals surface area contributed by atoms with E-state index in [-0.39, 0.29) is 5.82 Å². The minimum atomic E-state index is -0.355. The molecule has 0 spiro atoms. The molecule has 1 heterocycles. The van der Waals surface area contributed by atoms with E-state index in [9.17, 15) is 4.39 Å². The van der Waals surface area contributed by atoms with Crippen LogP contribution in [0.5, 0.6) is 5.75 Å². The second-order valence-corrected chi connectivity index (χ2v) is 8.26. The maximum Gasteiger partial charge on any atom is 0.127 e. The minimum absolute atomic E-state index is 0.326. The van der Waals surface area contributed by atoms with E-state index in [1.807, 2.05) is 24.3 Å². The van der Waals surface area contributed by atoms with Crippen molar-refractivity contribution >= 4 is 12.4 Å². The summed E-state index contributed by atoms with van der Waals surface area (Å²) in [7, 11) is 2.12. The Labute approximate surface area is 203 Å². The van der Waals surface area contributed by atoms with E-state index in [4.69, 9.17) is 4.74 Å². The first-order valence-electron chi connectivity index (χ1n) is 11.7. The van der Waals surface area contributed by atoms with Gasteiger partial charge in [-0.05, 0) is 56.8 Å². The van der Waals surface area contributed by atoms with Gasteiger partial charge in [-0.25, -0.2) is 4.39 Å². The number of benzene rings is 1. The molecule has 0 saturated heterocycles. The van der Waals surface area contributed by atoms with E-state index < -0.39 is 0 Å². The largest absolute Gasteiger partial charge is 0.493 e. The molecule has 0 amide bonds. The fraction of sp³-hybridized carbons (Fsp3) is 0.357. The molecule has 0 radical (unpaired) electrons. The van der Waals surface area contributed by atoms with E-state index in [2.05, 4.69) is 65.7 Å². The van der Waals surface area contributed by atoms with Crippen LogP contribution in [0.3, 0.4) is 0 Å². The number of halogens is 1. The monoisotopic (exact) mass is 464 g/mol. The van der Waals surface area contributed by atoms with E-state index in [1.165, 1.54) is 12.1 Å². The number of hydrogen-bond acceptors (Lipinski definition) is 5. The average molecular weight is 465 g/mol. The molecule has 2 rings (SSSR count). The Hall–Kier alpha value is -3.25. The fourth-order valence-electron chi connectivity index (χ4n) is 3.49. The highest BCUT2D eigenvalue weighted by Crippen LogP contribution is 2.19. The van der Waals surface area contributed by atoms with Crippen LogP contribution in [0.4, 0.5) is 4.39 Å². The van der Waals surface area contributed by atoms with Gasteiger partial charge in [0, 0.05) is 48.7 Å². The van der Waals surface area contributed by atoms with Gasteiger partial charge in [-0.2, -0.15) is 0 Å². The van der Waals surface area contributed by atoms with Gasteiger partial charge in [0.2, 0.25) is 0 Å². The van der Waals surface area contributed by atoms with Crippen molar-refractivity contribution < 1.29 is 9.13 Å². The van der Waals surface area contributed by atoms with Crippen molar-refractivity contribution in [3.8, 4) is 5.75 Å². The maximum absolute atomic E-state index is 14.4. The third-order valence-electron chi connectivity index (χ3n) is 5.18. The smallest absolute Gasteiger partial charge is 0.127 e. The summed E-state index contributed by atoms with van der Waals surface area (Å²) in [5.41, 5.74) is 2.26. The lowest BCUT2D eigenvalue weighted by atomic mass is 10.1. The maximum atomic E-state index is 14.4. The van der Waals surface area contributed by atoms with Gasteiger partial charge in [-0.1, -0.05) is 43.9 Å². The SMILES string of the molecule is C=C/C1=C\C=C/C(C)CN(C)C/C=C/CCCOc2cc(F)cc(c2)/C(C/C=C\N=C)=N/CN1. The van der Waals surface area contributed by atoms with Crippen molar-refractivity contribution in [3.63, 3.8) is 0 Å². The van der Waals surface area contributed by atoms with E-state index in [0.29, 0.717) is 36.9 Å². The second kappa shape index (κ2) is 15.6. The van der Waals surface area contributed by atoms with Gasteiger partial charge < -0.3 is 15.0 Å². The standard InChI is InChI=1S/C28H37FN4O/c1-5-26-13-10-12-23(2)21-33(4)16-8-6-7-9-17-34-27-19-24(18-25(29)20-27)28(32-22-31-26)14-11-15-30-3/h5-6,8,10-13,15,18-20,23,31H,1,3,7,9,14,16-17,21-22H2,2,4H3/b8-6+,12-10-,15-11-,26-13+,32-28+. The van der Waals surface area contributed by atoms with E-state index in [0.717, 1.165) is 37.3 Å². The van der Waals surface area contributed by atoms with Gasteiger partial charge in [0.1, 0.15) is 18.2 Å². The Kier molecular flexibility index (Phi) is 12.4. The lowest BCUT2D eigenvalue weighted by Crippen LogP contribution is -2.23. The molecular formula is C28H37FN4O. The zero-order chi connectivity index (χ0) is 24.6. The van der Waals surface area contributed by atoms with Crippen molar-refractivity contribution in [2.45, 2.75) is 26.2 Å². The molecule has 1 aromatic carbocycles. The normalized spacial score (nSPS) is 24.3. The lowest BCUT2D eigenvalue weighted by molar-refractivity contribution is 0.310. The van der Waals surface area contributed by atoms with Crippen molar-refractivity contribution in [1.82, 2.24) is 10.2 Å². The molecule has 1 atom stereocenters. The first kappa shape index (κ1) is 27.0. The van der Waals surface area contributed by atoms with Crippen LogP contribution in [0.25, 0.3) is 0 Å². The summed E-state index contributed by atoms with van der Waals surface area (Å²) < 4.78 is 20.2. The number of rotatable bonds is 4. The van der Waals surface area contributed by atoms with Crippen LogP contribution in [0.1, 0.15) is 31.7 Å². The zero-order valence-corrected chi connectivity index (χ0v) is 20.4. The molecule has 2 bridgehead atoms. The van der Waals surface area contributed by atoms with Crippen LogP contribution in [0, 0.1) is 11.7 Å². The molecule has 1 aliphatic heterocycles. The summed E-state index contributed by atoms with van der Waals surface area (Å²) >= 11 is 0. The molecule has 1 aliphatic rings. The van der Waals surface area contributed by atoms with Gasteiger partial charge >= 0.3 is 0 Å². The number of nitrogens with zero attached hydrogens (tertiary/aromatic N) is 3. The predicted octanol–water partition coefficient (Wildman–Crippen LogP) is 5.69. The van der Waals surface area contributed by atoms with Gasteiger partial charge in [-0.15, -0.1) is 0 Å². The predicted molar refractivity (Wildman–Crippen MR) is 142 cm³/mol. The van der Waals surface area contributed by atoms with Gasteiger partial charge in [-0.3, -0.25) is 9.98 Å². The first-order valence-corrected chi connectivity index (χ1v) is 11.7. The molecule has 6 heteroatoms. The van der Waals surface area contributed by atoms with Crippen molar-refractivity contribution in [2.75, 3.05) is 33.4 Å². The summed E-state index contributed by atoms with van der Waals surface area (Å²) in [5, 5.41) is 3.27. The molecule has 5 nitrogen and oxygen atoms in total. The zero-order valence-electron chi connectivity index (χ0n) is 20.4. The number of hydrogen-bond donors (Lipinski definition) is 1. The van der Waals surface area contributed by atoms with Crippen LogP contribution in [-0.4, -0.2) is 50.7 Å². The number of allylic oxidation sites excluding steroid dienone is 5. The average Bonchev–Trinajstić information content (AvgIpc) is 2.80. The molecule has 0 aromatic heterocycles. The van der Waals surface area contributed by atoms with Crippen LogP contribution in [0.2, 0.25) is 0 Å². The summed E-state index contributed by atoms with van der Waals surface area (Å²) in [5.74, 6) is 0.562. The number of nitrogens with one attached hydrogen (secondary N) is 1. The quantitative estimate of drug-likeness (QED) is 0.460. The summed E-state index contributed by atoms with van der Waals surface area (Å²) in [6.45, 7) is 12.3. The third kappa shape index (κ3) is 10.6. The third-order valence-corrected chi connectivity index (χ3v) is 5.18. The number of ether oxygens (including phenoxy) is 1. The Balaban J connectivity index is 2.29. The summed E-state index contributed by atoms with van der Waals surface area (Å²) in [6.07, 6.45) is 18.0. The Morgan fingerprint density at radius 3 is 2.97 bits per heavy atom. The lowest BCUT2D eigenvalue weighted by Gasteiger charge is -2.17. The molecule has 0 aliphatic carbocycles. The van der Waals surface area contributed by atoms with E-state index in [1.54, 1.807) is 12.3 Å². The Morgan fingerprint density at radius 1 is 1.32 bits per heavy atom. The highest BCUT2D eigenvalue weighted by Gasteiger charge is 2.08. The van der Waals surface area contributed by atoms with Gasteiger partial charge in [0.25, 0.3) is 0 Å². The number of aliphatic imine (C=N–C) groups is 2. The topological polar surface area (TPSA) is 49.2 Å². The molecule has 0 fully saturated rings. The van der Waals surface area contributed by atoms with Crippen LogP contribution >= 0.6 is 0 Å². The molecule has 1 aromatic rings. The van der Waals surface area contributed by atoms with Crippen molar-refractivity contribution in [3.05, 3.63) is 90.6 Å². The van der Waals surface area contributed by atoms with E-state index >= 15 is 0 Å². The van der Waals surface area contributed by atoms with Gasteiger partial charge in [0.05, 0.1) is 6.61 Å². The molecule has 1 unspecified atom stereocenters. The second-order valence-electron chi connectivity index (χ2n) is 8.26. The minimum Gasteiger partial charge on any atom is -0.493 e. The van der Waals surface area contributed by atoms with Gasteiger partial charge in [0.15, 0.2) is 0 Å². The molecular weight excluding hydrogens is 427 g/mol.